The highest BCUT2D eigenvalue weighted by atomic mass is 19.1. The summed E-state index contributed by atoms with van der Waals surface area (Å²) in [6.45, 7) is 8.81. The lowest BCUT2D eigenvalue weighted by molar-refractivity contribution is -0.143. The van der Waals surface area contributed by atoms with E-state index in [9.17, 15) is 9.18 Å². The summed E-state index contributed by atoms with van der Waals surface area (Å²) in [5.74, 6) is -0.00112. The number of oxime groups is 1. The lowest BCUT2D eigenvalue weighted by Gasteiger charge is -2.15. The Bertz CT molecular complexity index is 1490. The molecule has 1 unspecified atom stereocenters. The van der Waals surface area contributed by atoms with Crippen LogP contribution in [0.2, 0.25) is 0 Å². The zero-order valence-electron chi connectivity index (χ0n) is 25.5. The standard InChI is InChI=1S/C35H40FN3O4/c1-6-31-21-30(37-39(31)32-15-9-26(10-16-32)19-24(2)3)23-42-33-17-11-27(12-18-33)20-34(35(40)41-5)25(4)38-43-22-28-7-13-29(36)14-8-28/h7-18,21,24,34H,6,19-20,22-23H2,1-5H3. The van der Waals surface area contributed by atoms with Crippen molar-refractivity contribution in [1.29, 1.82) is 0 Å². The summed E-state index contributed by atoms with van der Waals surface area (Å²) < 4.78 is 26.2. The maximum absolute atomic E-state index is 13.1. The van der Waals surface area contributed by atoms with E-state index in [0.29, 0.717) is 30.4 Å². The summed E-state index contributed by atoms with van der Waals surface area (Å²) >= 11 is 0. The molecule has 0 saturated carbocycles. The maximum Gasteiger partial charge on any atom is 0.314 e. The van der Waals surface area contributed by atoms with Gasteiger partial charge in [-0.25, -0.2) is 9.07 Å². The first-order valence-electron chi connectivity index (χ1n) is 14.6. The number of esters is 1. The normalized spacial score (nSPS) is 12.3. The second-order valence-electron chi connectivity index (χ2n) is 11.0. The van der Waals surface area contributed by atoms with Gasteiger partial charge in [0.2, 0.25) is 0 Å². The molecule has 3 aromatic carbocycles. The second kappa shape index (κ2) is 15.1. The van der Waals surface area contributed by atoms with Crippen LogP contribution in [0.4, 0.5) is 4.39 Å². The van der Waals surface area contributed by atoms with Crippen LogP contribution in [-0.4, -0.2) is 28.6 Å². The molecule has 0 spiro atoms. The Kier molecular flexibility index (Phi) is 11.1. The Morgan fingerprint density at radius 1 is 0.907 bits per heavy atom. The van der Waals surface area contributed by atoms with Crippen LogP contribution in [0.5, 0.6) is 5.75 Å². The molecule has 0 aliphatic carbocycles. The van der Waals surface area contributed by atoms with Gasteiger partial charge >= 0.3 is 5.97 Å². The van der Waals surface area contributed by atoms with Gasteiger partial charge in [-0.2, -0.15) is 5.10 Å². The van der Waals surface area contributed by atoms with Crippen LogP contribution in [-0.2, 0) is 46.8 Å². The third-order valence-electron chi connectivity index (χ3n) is 7.11. The number of ether oxygens (including phenoxy) is 2. The molecule has 1 aromatic heterocycles. The van der Waals surface area contributed by atoms with Crippen LogP contribution in [0.3, 0.4) is 0 Å². The van der Waals surface area contributed by atoms with E-state index in [1.54, 1.807) is 19.1 Å². The molecular weight excluding hydrogens is 545 g/mol. The molecule has 7 nitrogen and oxygen atoms in total. The van der Waals surface area contributed by atoms with E-state index >= 15 is 0 Å². The summed E-state index contributed by atoms with van der Waals surface area (Å²) in [6, 6.07) is 24.3. The van der Waals surface area contributed by atoms with Gasteiger partial charge in [0.05, 0.1) is 18.5 Å². The Morgan fingerprint density at radius 2 is 1.53 bits per heavy atom. The molecule has 0 radical (unpaired) electrons. The van der Waals surface area contributed by atoms with E-state index in [-0.39, 0.29) is 12.4 Å². The molecule has 0 aliphatic rings. The molecule has 8 heteroatoms. The Balaban J connectivity index is 1.36. The number of methoxy groups -OCH3 is 1. The van der Waals surface area contributed by atoms with Gasteiger partial charge in [0.1, 0.15) is 36.4 Å². The molecule has 0 saturated heterocycles. The molecule has 0 fully saturated rings. The van der Waals surface area contributed by atoms with E-state index in [1.165, 1.54) is 24.8 Å². The minimum absolute atomic E-state index is 0.167. The molecular formula is C35H40FN3O4. The monoisotopic (exact) mass is 585 g/mol. The summed E-state index contributed by atoms with van der Waals surface area (Å²) in [7, 11) is 1.35. The zero-order valence-corrected chi connectivity index (χ0v) is 25.5. The van der Waals surface area contributed by atoms with E-state index < -0.39 is 11.9 Å². The molecule has 0 bridgehead atoms. The van der Waals surface area contributed by atoms with Crippen LogP contribution in [0.25, 0.3) is 5.69 Å². The lowest BCUT2D eigenvalue weighted by Crippen LogP contribution is -2.26. The fourth-order valence-corrected chi connectivity index (χ4v) is 4.78. The van der Waals surface area contributed by atoms with Crippen molar-refractivity contribution in [3.63, 3.8) is 0 Å². The van der Waals surface area contributed by atoms with Crippen molar-refractivity contribution in [3.8, 4) is 11.4 Å². The molecule has 43 heavy (non-hydrogen) atoms. The fourth-order valence-electron chi connectivity index (χ4n) is 4.78. The number of carbonyl (C=O) groups is 1. The van der Waals surface area contributed by atoms with Crippen molar-refractivity contribution in [2.45, 2.75) is 60.2 Å². The van der Waals surface area contributed by atoms with Crippen LogP contribution >= 0.6 is 0 Å². The van der Waals surface area contributed by atoms with Gasteiger partial charge in [0.15, 0.2) is 0 Å². The largest absolute Gasteiger partial charge is 0.487 e. The summed E-state index contributed by atoms with van der Waals surface area (Å²) in [4.78, 5) is 18.0. The maximum atomic E-state index is 13.1. The Morgan fingerprint density at radius 3 is 2.16 bits per heavy atom. The van der Waals surface area contributed by atoms with Gasteiger partial charge in [-0.15, -0.1) is 0 Å². The topological polar surface area (TPSA) is 74.9 Å². The second-order valence-corrected chi connectivity index (χ2v) is 11.0. The number of hydrogen-bond acceptors (Lipinski definition) is 6. The van der Waals surface area contributed by atoms with Gasteiger partial charge in [0, 0.05) is 5.69 Å². The number of aromatic nitrogens is 2. The number of benzene rings is 3. The van der Waals surface area contributed by atoms with Crippen molar-refractivity contribution in [1.82, 2.24) is 9.78 Å². The van der Waals surface area contributed by atoms with Crippen molar-refractivity contribution >= 4 is 11.7 Å². The van der Waals surface area contributed by atoms with Crippen molar-refractivity contribution in [2.75, 3.05) is 7.11 Å². The molecule has 0 aliphatic heterocycles. The molecule has 4 rings (SSSR count). The molecule has 1 heterocycles. The van der Waals surface area contributed by atoms with Crippen molar-refractivity contribution in [2.24, 2.45) is 17.0 Å². The van der Waals surface area contributed by atoms with Gasteiger partial charge in [-0.05, 0) is 91.3 Å². The SMILES string of the molecule is CCc1cc(COc2ccc(CC(C(=O)OC)C(C)=NOCc3ccc(F)cc3)cc2)nn1-c1ccc(CC(C)C)cc1. The summed E-state index contributed by atoms with van der Waals surface area (Å²) in [5, 5.41) is 8.94. The zero-order chi connectivity index (χ0) is 30.8. The first-order valence-corrected chi connectivity index (χ1v) is 14.6. The average Bonchev–Trinajstić information content (AvgIpc) is 3.43. The van der Waals surface area contributed by atoms with Gasteiger partial charge < -0.3 is 14.3 Å². The van der Waals surface area contributed by atoms with Crippen LogP contribution < -0.4 is 4.74 Å². The number of aryl methyl sites for hydroxylation is 1. The summed E-state index contributed by atoms with van der Waals surface area (Å²) in [5.41, 5.74) is 6.53. The van der Waals surface area contributed by atoms with E-state index in [0.717, 1.165) is 41.0 Å². The highest BCUT2D eigenvalue weighted by Gasteiger charge is 2.24. The molecule has 1 atom stereocenters. The molecule has 0 amide bonds. The highest BCUT2D eigenvalue weighted by molar-refractivity contribution is 6.00. The number of nitrogens with zero attached hydrogens (tertiary/aromatic N) is 3. The minimum Gasteiger partial charge on any atom is -0.487 e. The quantitative estimate of drug-likeness (QED) is 0.0884. The third kappa shape index (κ3) is 9.01. The first-order chi connectivity index (χ1) is 20.7. The van der Waals surface area contributed by atoms with Gasteiger partial charge in [0.25, 0.3) is 0 Å². The fraction of sp³-hybridized carbons (Fsp3) is 0.343. The summed E-state index contributed by atoms with van der Waals surface area (Å²) in [6.07, 6.45) is 2.31. The van der Waals surface area contributed by atoms with E-state index in [4.69, 9.17) is 19.4 Å². The number of hydrogen-bond donors (Lipinski definition) is 0. The average molecular weight is 586 g/mol. The Hall–Kier alpha value is -4.46. The number of halogens is 1. The molecule has 226 valence electrons. The minimum atomic E-state index is -0.610. The number of carbonyl (C=O) groups excluding carboxylic acids is 1. The third-order valence-corrected chi connectivity index (χ3v) is 7.11. The lowest BCUT2D eigenvalue weighted by atomic mass is 9.95. The predicted molar refractivity (Wildman–Crippen MR) is 166 cm³/mol. The molecule has 0 N–H and O–H groups in total. The highest BCUT2D eigenvalue weighted by Crippen LogP contribution is 2.20. The number of rotatable bonds is 14. The van der Waals surface area contributed by atoms with E-state index in [1.807, 2.05) is 28.9 Å². The smallest absolute Gasteiger partial charge is 0.314 e. The van der Waals surface area contributed by atoms with Crippen molar-refractivity contribution < 1.29 is 23.5 Å². The van der Waals surface area contributed by atoms with Gasteiger partial charge in [-0.1, -0.05) is 62.3 Å². The predicted octanol–water partition coefficient (Wildman–Crippen LogP) is 7.28. The van der Waals surface area contributed by atoms with Crippen LogP contribution in [0.1, 0.15) is 55.8 Å². The van der Waals surface area contributed by atoms with E-state index in [2.05, 4.69) is 56.3 Å². The molecule has 4 aromatic rings. The van der Waals surface area contributed by atoms with Crippen LogP contribution in [0, 0.1) is 17.7 Å². The Labute approximate surface area is 253 Å². The first kappa shape index (κ1) is 31.5. The van der Waals surface area contributed by atoms with Gasteiger partial charge in [-0.3, -0.25) is 4.79 Å². The van der Waals surface area contributed by atoms with Crippen LogP contribution in [0.15, 0.2) is 84.0 Å². The van der Waals surface area contributed by atoms with Crippen molar-refractivity contribution in [3.05, 3.63) is 113 Å².